The van der Waals surface area contributed by atoms with E-state index in [1.165, 1.54) is 22.2 Å². The Morgan fingerprint density at radius 1 is 1.35 bits per heavy atom. The number of hydrogen-bond donors (Lipinski definition) is 1. The summed E-state index contributed by atoms with van der Waals surface area (Å²) in [6.07, 6.45) is 1.58. The molecule has 0 aliphatic carbocycles. The summed E-state index contributed by atoms with van der Waals surface area (Å²) in [6, 6.07) is 0. The van der Waals surface area contributed by atoms with Gasteiger partial charge in [0.2, 0.25) is 5.91 Å². The van der Waals surface area contributed by atoms with Crippen molar-refractivity contribution in [2.24, 2.45) is 0 Å². The van der Waals surface area contributed by atoms with E-state index >= 15 is 0 Å². The molecule has 3 heterocycles. The zero-order valence-electron chi connectivity index (χ0n) is 15.8. The molecule has 3 rings (SSSR count). The molecule has 0 bridgehead atoms. The van der Waals surface area contributed by atoms with E-state index in [1.54, 1.807) is 17.7 Å². The molecule has 0 aromatic carbocycles. The Labute approximate surface area is 162 Å². The Bertz CT molecular complexity index is 785. The molecule has 1 N–H and O–H groups in total. The molecule has 0 unspecified atom stereocenters. The van der Waals surface area contributed by atoms with E-state index in [9.17, 15) is 4.79 Å². The lowest BCUT2D eigenvalue weighted by Gasteiger charge is -2.40. The van der Waals surface area contributed by atoms with Gasteiger partial charge in [-0.15, -0.1) is 11.3 Å². The van der Waals surface area contributed by atoms with Crippen molar-refractivity contribution in [1.82, 2.24) is 20.2 Å². The maximum atomic E-state index is 12.4. The number of aryl methyl sites for hydroxylation is 2. The number of rotatable bonds is 6. The first-order valence-corrected chi connectivity index (χ1v) is 10.6. The van der Waals surface area contributed by atoms with Gasteiger partial charge in [0.05, 0.1) is 19.0 Å². The van der Waals surface area contributed by atoms with Gasteiger partial charge in [-0.3, -0.25) is 9.69 Å². The molecule has 0 radical (unpaired) electrons. The smallest absolute Gasteiger partial charge is 0.230 e. The minimum absolute atomic E-state index is 0.0349. The molecule has 0 spiro atoms. The van der Waals surface area contributed by atoms with E-state index in [0.29, 0.717) is 12.3 Å². The summed E-state index contributed by atoms with van der Waals surface area (Å²) in [6.45, 7) is 12.5. The second-order valence-corrected chi connectivity index (χ2v) is 9.29. The van der Waals surface area contributed by atoms with Crippen LogP contribution >= 0.6 is 23.1 Å². The van der Waals surface area contributed by atoms with Crippen LogP contribution in [-0.4, -0.2) is 64.9 Å². The monoisotopic (exact) mass is 394 g/mol. The molecule has 6 nitrogen and oxygen atoms in total. The van der Waals surface area contributed by atoms with Crippen LogP contribution in [0.3, 0.4) is 0 Å². The number of aromatic nitrogens is 2. The Balaban J connectivity index is 1.56. The van der Waals surface area contributed by atoms with Crippen molar-refractivity contribution in [1.29, 1.82) is 0 Å². The van der Waals surface area contributed by atoms with Crippen LogP contribution in [0.2, 0.25) is 0 Å². The average molecular weight is 395 g/mol. The SMILES string of the molecule is Cc1sc2ncnc(SCC(=O)NCC(C)(C)N3CCOCC3)c2c1C. The van der Waals surface area contributed by atoms with E-state index in [4.69, 9.17) is 4.74 Å². The highest BCUT2D eigenvalue weighted by molar-refractivity contribution is 8.00. The topological polar surface area (TPSA) is 67.4 Å². The maximum Gasteiger partial charge on any atom is 0.230 e. The summed E-state index contributed by atoms with van der Waals surface area (Å²) in [5, 5.41) is 5.05. The van der Waals surface area contributed by atoms with Crippen LogP contribution in [0.25, 0.3) is 10.2 Å². The van der Waals surface area contributed by atoms with E-state index in [-0.39, 0.29) is 11.4 Å². The summed E-state index contributed by atoms with van der Waals surface area (Å²) in [5.74, 6) is 0.396. The molecule has 142 valence electrons. The third-order valence-electron chi connectivity index (χ3n) is 4.86. The van der Waals surface area contributed by atoms with E-state index in [2.05, 4.69) is 47.9 Å². The fraction of sp³-hybridized carbons (Fsp3) is 0.611. The molecule has 2 aromatic heterocycles. The number of carbonyl (C=O) groups excluding carboxylic acids is 1. The molecule has 0 atom stereocenters. The first kappa shape index (κ1) is 19.5. The number of nitrogens with zero attached hydrogens (tertiary/aromatic N) is 3. The zero-order chi connectivity index (χ0) is 18.7. The lowest BCUT2D eigenvalue weighted by atomic mass is 10.0. The number of carbonyl (C=O) groups is 1. The van der Waals surface area contributed by atoms with Gasteiger partial charge < -0.3 is 10.1 Å². The van der Waals surface area contributed by atoms with Gasteiger partial charge in [-0.1, -0.05) is 11.8 Å². The van der Waals surface area contributed by atoms with Crippen LogP contribution < -0.4 is 5.32 Å². The highest BCUT2D eigenvalue weighted by atomic mass is 32.2. The summed E-state index contributed by atoms with van der Waals surface area (Å²) < 4.78 is 5.41. The van der Waals surface area contributed by atoms with E-state index in [0.717, 1.165) is 41.5 Å². The number of ether oxygens (including phenoxy) is 1. The third kappa shape index (κ3) is 4.36. The normalized spacial score (nSPS) is 16.2. The first-order chi connectivity index (χ1) is 12.4. The van der Waals surface area contributed by atoms with Crippen molar-refractivity contribution in [3.8, 4) is 0 Å². The number of amides is 1. The van der Waals surface area contributed by atoms with Crippen molar-refractivity contribution >= 4 is 39.2 Å². The first-order valence-electron chi connectivity index (χ1n) is 8.81. The van der Waals surface area contributed by atoms with Gasteiger partial charge >= 0.3 is 0 Å². The highest BCUT2D eigenvalue weighted by Gasteiger charge is 2.28. The summed E-state index contributed by atoms with van der Waals surface area (Å²) in [7, 11) is 0. The lowest BCUT2D eigenvalue weighted by Crippen LogP contribution is -2.55. The quantitative estimate of drug-likeness (QED) is 0.600. The maximum absolute atomic E-state index is 12.4. The Kier molecular flexibility index (Phi) is 6.17. The van der Waals surface area contributed by atoms with Crippen LogP contribution in [0.5, 0.6) is 0 Å². The molecule has 1 aliphatic rings. The Morgan fingerprint density at radius 2 is 2.08 bits per heavy atom. The largest absolute Gasteiger partial charge is 0.379 e. The van der Waals surface area contributed by atoms with Gasteiger partial charge in [-0.2, -0.15) is 0 Å². The molecule has 1 saturated heterocycles. The number of fused-ring (bicyclic) bond motifs is 1. The summed E-state index contributed by atoms with van der Waals surface area (Å²) >= 11 is 3.16. The summed E-state index contributed by atoms with van der Waals surface area (Å²) in [5.41, 5.74) is 1.13. The number of nitrogens with one attached hydrogen (secondary N) is 1. The van der Waals surface area contributed by atoms with Crippen molar-refractivity contribution < 1.29 is 9.53 Å². The van der Waals surface area contributed by atoms with Gasteiger partial charge in [0.15, 0.2) is 0 Å². The highest BCUT2D eigenvalue weighted by Crippen LogP contribution is 2.34. The molecule has 0 saturated carbocycles. The predicted molar refractivity (Wildman–Crippen MR) is 107 cm³/mol. The molecule has 1 fully saturated rings. The van der Waals surface area contributed by atoms with Crippen molar-refractivity contribution in [2.45, 2.75) is 38.3 Å². The number of thiophene rings is 1. The Morgan fingerprint density at radius 3 is 2.81 bits per heavy atom. The molecular weight excluding hydrogens is 368 g/mol. The van der Waals surface area contributed by atoms with Gasteiger partial charge in [0, 0.05) is 35.4 Å². The third-order valence-corrected chi connectivity index (χ3v) is 6.96. The fourth-order valence-electron chi connectivity index (χ4n) is 3.04. The average Bonchev–Trinajstić information content (AvgIpc) is 2.94. The second kappa shape index (κ2) is 8.21. The van der Waals surface area contributed by atoms with Crippen LogP contribution in [0, 0.1) is 13.8 Å². The van der Waals surface area contributed by atoms with Crippen LogP contribution in [0.15, 0.2) is 11.4 Å². The lowest BCUT2D eigenvalue weighted by molar-refractivity contribution is -0.119. The van der Waals surface area contributed by atoms with Gasteiger partial charge in [0.1, 0.15) is 16.2 Å². The molecule has 8 heteroatoms. The molecule has 2 aromatic rings. The number of thioether (sulfide) groups is 1. The number of morpholine rings is 1. The van der Waals surface area contributed by atoms with Gasteiger partial charge in [-0.25, -0.2) is 9.97 Å². The van der Waals surface area contributed by atoms with E-state index in [1.807, 2.05) is 0 Å². The molecule has 1 amide bonds. The van der Waals surface area contributed by atoms with Gasteiger partial charge in [0.25, 0.3) is 0 Å². The van der Waals surface area contributed by atoms with Crippen LogP contribution in [0.4, 0.5) is 0 Å². The molecule has 26 heavy (non-hydrogen) atoms. The summed E-state index contributed by atoms with van der Waals surface area (Å²) in [4.78, 5) is 25.7. The fourth-order valence-corrected chi connectivity index (χ4v) is 4.99. The minimum Gasteiger partial charge on any atom is -0.379 e. The second-order valence-electron chi connectivity index (χ2n) is 7.12. The van der Waals surface area contributed by atoms with Crippen molar-refractivity contribution in [3.05, 3.63) is 16.8 Å². The van der Waals surface area contributed by atoms with Crippen molar-refractivity contribution in [3.63, 3.8) is 0 Å². The van der Waals surface area contributed by atoms with Crippen molar-refractivity contribution in [2.75, 3.05) is 38.6 Å². The van der Waals surface area contributed by atoms with Crippen LogP contribution in [0.1, 0.15) is 24.3 Å². The van der Waals surface area contributed by atoms with Crippen LogP contribution in [-0.2, 0) is 9.53 Å². The zero-order valence-corrected chi connectivity index (χ0v) is 17.4. The van der Waals surface area contributed by atoms with E-state index < -0.39 is 0 Å². The minimum atomic E-state index is -0.0760. The Hall–Kier alpha value is -1.22. The predicted octanol–water partition coefficient (Wildman–Crippen LogP) is 2.63. The van der Waals surface area contributed by atoms with Gasteiger partial charge in [-0.05, 0) is 33.3 Å². The standard InChI is InChI=1S/C18H26N4O2S2/c1-12-13(2)26-17-15(12)16(20-11-21-17)25-9-14(23)19-10-18(3,4)22-5-7-24-8-6-22/h11H,5-10H2,1-4H3,(H,19,23). The number of hydrogen-bond acceptors (Lipinski definition) is 7. The molecular formula is C18H26N4O2S2. The molecule has 1 aliphatic heterocycles.